The van der Waals surface area contributed by atoms with E-state index in [2.05, 4.69) is 16.5 Å². The first-order valence-electron chi connectivity index (χ1n) is 2.30. The molecule has 1 N–H and O–H groups in total. The van der Waals surface area contributed by atoms with Crippen LogP contribution in [0.1, 0.15) is 0 Å². The number of aliphatic hydroxyl groups excluding tert-OH is 1. The van der Waals surface area contributed by atoms with Crippen LogP contribution in [0.25, 0.3) is 0 Å². The number of nitrogens with zero attached hydrogens (tertiary/aromatic N) is 3. The zero-order chi connectivity index (χ0) is 5.82. The van der Waals surface area contributed by atoms with Crippen molar-refractivity contribution >= 4 is 0 Å². The Labute approximate surface area is 46.8 Å². The molecule has 0 amide bonds. The minimum Gasteiger partial charge on any atom is -0.395 e. The first-order valence-corrected chi connectivity index (χ1v) is 2.30. The average Bonchev–Trinajstić information content (AvgIpc) is 2.19. The highest BCUT2D eigenvalue weighted by Crippen LogP contribution is 1.76. The zero-order valence-corrected chi connectivity index (χ0v) is 4.28. The summed E-state index contributed by atoms with van der Waals surface area (Å²) in [7, 11) is 0. The minimum atomic E-state index is 0.106. The van der Waals surface area contributed by atoms with Crippen molar-refractivity contribution in [3.8, 4) is 0 Å². The maximum absolute atomic E-state index is 8.34. The predicted octanol–water partition coefficient (Wildman–Crippen LogP) is -0.929. The van der Waals surface area contributed by atoms with Gasteiger partial charge in [-0.15, -0.1) is 10.2 Å². The summed E-state index contributed by atoms with van der Waals surface area (Å²) in [6, 6.07) is 0. The lowest BCUT2D eigenvalue weighted by atomic mass is 10.7. The van der Waals surface area contributed by atoms with Gasteiger partial charge in [-0.05, 0) is 0 Å². The third-order valence-corrected chi connectivity index (χ3v) is 0.763. The fourth-order valence-electron chi connectivity index (χ4n) is 0.413. The van der Waals surface area contributed by atoms with E-state index in [1.54, 1.807) is 4.57 Å². The normalized spacial score (nSPS) is 9.62. The number of hydrogen-bond acceptors (Lipinski definition) is 3. The van der Waals surface area contributed by atoms with Crippen molar-refractivity contribution in [3.63, 3.8) is 0 Å². The van der Waals surface area contributed by atoms with Crippen molar-refractivity contribution in [2.75, 3.05) is 6.61 Å². The summed E-state index contributed by atoms with van der Waals surface area (Å²) in [6.45, 7) is 0.627. The van der Waals surface area contributed by atoms with Crippen LogP contribution in [0.2, 0.25) is 0 Å². The second-order valence-corrected chi connectivity index (χ2v) is 1.35. The Bertz CT molecular complexity index is 137. The molecule has 8 heavy (non-hydrogen) atoms. The molecule has 0 aliphatic carbocycles. The number of rotatable bonds is 2. The van der Waals surface area contributed by atoms with Gasteiger partial charge in [0.15, 0.2) is 0 Å². The van der Waals surface area contributed by atoms with Crippen molar-refractivity contribution in [2.24, 2.45) is 0 Å². The van der Waals surface area contributed by atoms with Crippen LogP contribution in [0.4, 0.5) is 0 Å². The lowest BCUT2D eigenvalue weighted by Crippen LogP contribution is -1.98. The van der Waals surface area contributed by atoms with Crippen molar-refractivity contribution in [1.82, 2.24) is 14.8 Å². The third-order valence-electron chi connectivity index (χ3n) is 0.763. The number of aliphatic hydroxyl groups is 1. The molecule has 0 spiro atoms. The zero-order valence-electron chi connectivity index (χ0n) is 4.28. The van der Waals surface area contributed by atoms with E-state index < -0.39 is 0 Å². The molecule has 0 bridgehead atoms. The Hall–Kier alpha value is -0.900. The van der Waals surface area contributed by atoms with E-state index in [4.69, 9.17) is 5.11 Å². The molecular weight excluding hydrogens is 106 g/mol. The molecule has 1 aromatic heterocycles. The fraction of sp³-hybridized carbons (Fsp3) is 0.500. The van der Waals surface area contributed by atoms with Crippen LogP contribution in [0.3, 0.4) is 0 Å². The average molecular weight is 112 g/mol. The van der Waals surface area contributed by atoms with Gasteiger partial charge in [-0.25, -0.2) is 0 Å². The summed E-state index contributed by atoms with van der Waals surface area (Å²) < 4.78 is 1.58. The van der Waals surface area contributed by atoms with Gasteiger partial charge in [-0.2, -0.15) is 0 Å². The summed E-state index contributed by atoms with van der Waals surface area (Å²) in [5.41, 5.74) is 0. The maximum Gasteiger partial charge on any atom is 0.201 e. The molecule has 0 fully saturated rings. The largest absolute Gasteiger partial charge is 0.395 e. The smallest absolute Gasteiger partial charge is 0.201 e. The van der Waals surface area contributed by atoms with Crippen LogP contribution >= 0.6 is 0 Å². The molecule has 0 saturated carbocycles. The maximum atomic E-state index is 8.34. The molecule has 1 radical (unpaired) electrons. The van der Waals surface area contributed by atoms with Crippen molar-refractivity contribution in [2.45, 2.75) is 6.54 Å². The van der Waals surface area contributed by atoms with Gasteiger partial charge in [0.25, 0.3) is 0 Å². The second-order valence-electron chi connectivity index (χ2n) is 1.35. The molecular formula is C4H6N3O. The monoisotopic (exact) mass is 112 g/mol. The highest BCUT2D eigenvalue weighted by Gasteiger charge is 1.85. The van der Waals surface area contributed by atoms with Crippen molar-refractivity contribution in [3.05, 3.63) is 12.7 Å². The van der Waals surface area contributed by atoms with E-state index in [1.807, 2.05) is 0 Å². The van der Waals surface area contributed by atoms with Gasteiger partial charge in [0.2, 0.25) is 6.33 Å². The molecule has 0 saturated heterocycles. The Morgan fingerprint density at radius 2 is 2.62 bits per heavy atom. The lowest BCUT2D eigenvalue weighted by molar-refractivity contribution is 0.275. The van der Waals surface area contributed by atoms with E-state index >= 15 is 0 Å². The summed E-state index contributed by atoms with van der Waals surface area (Å²) in [5.74, 6) is 0. The Balaban J connectivity index is 2.50. The van der Waals surface area contributed by atoms with Crippen LogP contribution in [0, 0.1) is 6.33 Å². The van der Waals surface area contributed by atoms with Gasteiger partial charge in [-0.3, -0.25) is 0 Å². The quantitative estimate of drug-likeness (QED) is 0.537. The van der Waals surface area contributed by atoms with Gasteiger partial charge in [-0.1, -0.05) is 0 Å². The molecule has 0 aliphatic rings. The highest BCUT2D eigenvalue weighted by atomic mass is 16.3. The lowest BCUT2D eigenvalue weighted by Gasteiger charge is -1.90. The fourth-order valence-corrected chi connectivity index (χ4v) is 0.413. The molecule has 0 aromatic carbocycles. The topological polar surface area (TPSA) is 50.9 Å². The summed E-state index contributed by atoms with van der Waals surface area (Å²) in [5, 5.41) is 15.2. The SMILES string of the molecule is OCCn1[c]nnc1. The molecule has 43 valence electrons. The molecule has 4 heteroatoms. The predicted molar refractivity (Wildman–Crippen MR) is 25.9 cm³/mol. The van der Waals surface area contributed by atoms with Crippen LogP contribution in [-0.4, -0.2) is 26.5 Å². The van der Waals surface area contributed by atoms with E-state index in [0.717, 1.165) is 0 Å². The van der Waals surface area contributed by atoms with Gasteiger partial charge in [0, 0.05) is 6.54 Å². The molecule has 1 rings (SSSR count). The summed E-state index contributed by atoms with van der Waals surface area (Å²) in [4.78, 5) is 0. The molecule has 4 nitrogen and oxygen atoms in total. The minimum absolute atomic E-state index is 0.106. The van der Waals surface area contributed by atoms with E-state index in [0.29, 0.717) is 6.54 Å². The number of hydrogen-bond donors (Lipinski definition) is 1. The third kappa shape index (κ3) is 1.04. The van der Waals surface area contributed by atoms with Crippen molar-refractivity contribution in [1.29, 1.82) is 0 Å². The van der Waals surface area contributed by atoms with Crippen LogP contribution in [-0.2, 0) is 6.54 Å². The number of aromatic nitrogens is 3. The van der Waals surface area contributed by atoms with E-state index in [9.17, 15) is 0 Å². The Morgan fingerprint density at radius 3 is 3.12 bits per heavy atom. The second kappa shape index (κ2) is 2.42. The molecule has 1 aromatic rings. The van der Waals surface area contributed by atoms with Gasteiger partial charge >= 0.3 is 0 Å². The molecule has 0 aliphatic heterocycles. The standard InChI is InChI=1S/C4H6N3O/c8-2-1-7-3-5-6-4-7/h3,8H,1-2H2. The van der Waals surface area contributed by atoms with Crippen LogP contribution in [0.15, 0.2) is 6.33 Å². The molecule has 1 heterocycles. The molecule has 0 unspecified atom stereocenters. The van der Waals surface area contributed by atoms with Gasteiger partial charge in [0.1, 0.15) is 6.33 Å². The van der Waals surface area contributed by atoms with Crippen LogP contribution < -0.4 is 0 Å². The molecule has 0 atom stereocenters. The van der Waals surface area contributed by atoms with Crippen molar-refractivity contribution < 1.29 is 5.11 Å². The van der Waals surface area contributed by atoms with E-state index in [-0.39, 0.29) is 6.61 Å². The van der Waals surface area contributed by atoms with Gasteiger partial charge in [0.05, 0.1) is 6.61 Å². The first-order chi connectivity index (χ1) is 3.93. The first kappa shape index (κ1) is 5.24. The Kier molecular flexibility index (Phi) is 1.58. The van der Waals surface area contributed by atoms with E-state index in [1.165, 1.54) is 6.33 Å². The summed E-state index contributed by atoms with van der Waals surface area (Å²) in [6.07, 6.45) is 4.04. The highest BCUT2D eigenvalue weighted by molar-refractivity contribution is 4.55. The van der Waals surface area contributed by atoms with Crippen LogP contribution in [0.5, 0.6) is 0 Å². The summed E-state index contributed by atoms with van der Waals surface area (Å²) >= 11 is 0. The van der Waals surface area contributed by atoms with Gasteiger partial charge < -0.3 is 9.67 Å². The Morgan fingerprint density at radius 1 is 1.75 bits per heavy atom.